The first-order valence-electron chi connectivity index (χ1n) is 4.98. The summed E-state index contributed by atoms with van der Waals surface area (Å²) >= 11 is 6.03. The number of carbonyl (C=O) groups is 1. The minimum absolute atomic E-state index is 0.105. The fourth-order valence-electron chi connectivity index (χ4n) is 2.15. The molecule has 74 valence electrons. The summed E-state index contributed by atoms with van der Waals surface area (Å²) in [6.45, 7) is 1.99. The highest BCUT2D eigenvalue weighted by molar-refractivity contribution is 6.31. The Bertz CT molecular complexity index is 371. The van der Waals surface area contributed by atoms with Crippen molar-refractivity contribution in [3.05, 3.63) is 34.3 Å². The molecule has 2 heteroatoms. The molecule has 0 aliphatic heterocycles. The Labute approximate surface area is 89.1 Å². The van der Waals surface area contributed by atoms with Crippen LogP contribution in [0.2, 0.25) is 5.02 Å². The van der Waals surface area contributed by atoms with E-state index in [1.165, 1.54) is 0 Å². The van der Waals surface area contributed by atoms with E-state index in [2.05, 4.69) is 0 Å². The minimum atomic E-state index is 0.105. The Morgan fingerprint density at radius 2 is 2.21 bits per heavy atom. The molecule has 1 nitrogen and oxygen atoms in total. The standard InChI is InChI=1S/C12H13ClO/c1-8-9(4-2-6-11(8)13)10-5-3-7-12(10)14/h2,4,6,10H,3,5,7H2,1H3. The van der Waals surface area contributed by atoms with Gasteiger partial charge in [0.1, 0.15) is 5.78 Å². The monoisotopic (exact) mass is 208 g/mol. The lowest BCUT2D eigenvalue weighted by atomic mass is 9.93. The largest absolute Gasteiger partial charge is 0.299 e. The summed E-state index contributed by atoms with van der Waals surface area (Å²) in [5, 5.41) is 0.766. The van der Waals surface area contributed by atoms with Gasteiger partial charge in [0.25, 0.3) is 0 Å². The molecule has 2 rings (SSSR count). The van der Waals surface area contributed by atoms with Crippen molar-refractivity contribution in [2.75, 3.05) is 0 Å². The van der Waals surface area contributed by atoms with E-state index in [0.717, 1.165) is 35.4 Å². The molecule has 1 aromatic carbocycles. The molecule has 1 aliphatic carbocycles. The van der Waals surface area contributed by atoms with Crippen molar-refractivity contribution in [1.29, 1.82) is 0 Å². The molecule has 1 aromatic rings. The first kappa shape index (κ1) is 9.72. The normalized spacial score (nSPS) is 21.6. The summed E-state index contributed by atoms with van der Waals surface area (Å²) in [5.41, 5.74) is 2.19. The van der Waals surface area contributed by atoms with E-state index in [9.17, 15) is 4.79 Å². The summed E-state index contributed by atoms with van der Waals surface area (Å²) < 4.78 is 0. The second-order valence-electron chi connectivity index (χ2n) is 3.87. The predicted octanol–water partition coefficient (Wildman–Crippen LogP) is 3.49. The van der Waals surface area contributed by atoms with E-state index in [-0.39, 0.29) is 5.92 Å². The number of ketones is 1. The zero-order valence-corrected chi connectivity index (χ0v) is 8.97. The topological polar surface area (TPSA) is 17.1 Å². The van der Waals surface area contributed by atoms with Crippen LogP contribution in [0, 0.1) is 6.92 Å². The highest BCUT2D eigenvalue weighted by Gasteiger charge is 2.27. The van der Waals surface area contributed by atoms with Gasteiger partial charge in [-0.15, -0.1) is 0 Å². The van der Waals surface area contributed by atoms with Crippen LogP contribution in [0.1, 0.15) is 36.3 Å². The van der Waals surface area contributed by atoms with Gasteiger partial charge in [-0.25, -0.2) is 0 Å². The van der Waals surface area contributed by atoms with Crippen LogP contribution in [0.25, 0.3) is 0 Å². The number of carbonyl (C=O) groups excluding carboxylic acids is 1. The molecule has 0 aromatic heterocycles. The molecule has 1 saturated carbocycles. The number of hydrogen-bond acceptors (Lipinski definition) is 1. The summed E-state index contributed by atoms with van der Waals surface area (Å²) in [6, 6.07) is 5.82. The van der Waals surface area contributed by atoms with Gasteiger partial charge in [0.2, 0.25) is 0 Å². The molecule has 0 bridgehead atoms. The summed E-state index contributed by atoms with van der Waals surface area (Å²) in [6.07, 6.45) is 2.74. The van der Waals surface area contributed by atoms with Crippen LogP contribution < -0.4 is 0 Å². The fourth-order valence-corrected chi connectivity index (χ4v) is 2.33. The third kappa shape index (κ3) is 1.57. The minimum Gasteiger partial charge on any atom is -0.299 e. The predicted molar refractivity (Wildman–Crippen MR) is 57.8 cm³/mol. The molecule has 0 spiro atoms. The number of benzene rings is 1. The van der Waals surface area contributed by atoms with Gasteiger partial charge in [0, 0.05) is 17.4 Å². The maximum absolute atomic E-state index is 11.6. The Morgan fingerprint density at radius 1 is 1.43 bits per heavy atom. The Hall–Kier alpha value is -0.820. The highest BCUT2D eigenvalue weighted by Crippen LogP contribution is 2.34. The van der Waals surface area contributed by atoms with Crippen LogP contribution >= 0.6 is 11.6 Å². The van der Waals surface area contributed by atoms with E-state index < -0.39 is 0 Å². The number of hydrogen-bond donors (Lipinski definition) is 0. The van der Waals surface area contributed by atoms with Crippen LogP contribution in [0.5, 0.6) is 0 Å². The molecule has 0 N–H and O–H groups in total. The molecule has 0 radical (unpaired) electrons. The van der Waals surface area contributed by atoms with E-state index in [0.29, 0.717) is 5.78 Å². The molecule has 14 heavy (non-hydrogen) atoms. The van der Waals surface area contributed by atoms with Crippen LogP contribution in [0.3, 0.4) is 0 Å². The zero-order chi connectivity index (χ0) is 10.1. The quantitative estimate of drug-likeness (QED) is 0.691. The van der Waals surface area contributed by atoms with Crippen molar-refractivity contribution in [2.24, 2.45) is 0 Å². The fraction of sp³-hybridized carbons (Fsp3) is 0.417. The third-order valence-corrected chi connectivity index (χ3v) is 3.40. The second kappa shape index (κ2) is 3.74. The Morgan fingerprint density at radius 3 is 2.86 bits per heavy atom. The lowest BCUT2D eigenvalue weighted by Gasteiger charge is -2.12. The van der Waals surface area contributed by atoms with E-state index >= 15 is 0 Å². The molecular formula is C12H13ClO. The number of Topliss-reactive ketones (excluding diaryl/α,β-unsaturated/α-hetero) is 1. The lowest BCUT2D eigenvalue weighted by molar-refractivity contribution is -0.118. The first-order chi connectivity index (χ1) is 6.70. The third-order valence-electron chi connectivity index (χ3n) is 2.99. The van der Waals surface area contributed by atoms with Crippen molar-refractivity contribution in [2.45, 2.75) is 32.1 Å². The summed E-state index contributed by atoms with van der Waals surface area (Å²) in [5.74, 6) is 0.476. The maximum atomic E-state index is 11.6. The molecule has 1 fully saturated rings. The molecule has 1 atom stereocenters. The van der Waals surface area contributed by atoms with E-state index in [1.54, 1.807) is 0 Å². The lowest BCUT2D eigenvalue weighted by Crippen LogP contribution is -2.06. The van der Waals surface area contributed by atoms with Gasteiger partial charge in [-0.2, -0.15) is 0 Å². The summed E-state index contributed by atoms with van der Waals surface area (Å²) in [7, 11) is 0. The zero-order valence-electron chi connectivity index (χ0n) is 8.22. The van der Waals surface area contributed by atoms with Crippen LogP contribution in [0.15, 0.2) is 18.2 Å². The van der Waals surface area contributed by atoms with E-state index in [4.69, 9.17) is 11.6 Å². The van der Waals surface area contributed by atoms with Crippen molar-refractivity contribution in [3.63, 3.8) is 0 Å². The molecule has 0 saturated heterocycles. The molecule has 0 amide bonds. The van der Waals surface area contributed by atoms with Crippen molar-refractivity contribution >= 4 is 17.4 Å². The van der Waals surface area contributed by atoms with Gasteiger partial charge in [-0.1, -0.05) is 23.7 Å². The van der Waals surface area contributed by atoms with Gasteiger partial charge in [0.05, 0.1) is 0 Å². The van der Waals surface area contributed by atoms with Gasteiger partial charge < -0.3 is 0 Å². The van der Waals surface area contributed by atoms with Crippen LogP contribution in [0.4, 0.5) is 0 Å². The van der Waals surface area contributed by atoms with Crippen molar-refractivity contribution < 1.29 is 4.79 Å². The summed E-state index contributed by atoms with van der Waals surface area (Å²) in [4.78, 5) is 11.6. The van der Waals surface area contributed by atoms with Crippen LogP contribution in [-0.2, 0) is 4.79 Å². The van der Waals surface area contributed by atoms with Gasteiger partial charge >= 0.3 is 0 Å². The number of rotatable bonds is 1. The van der Waals surface area contributed by atoms with E-state index in [1.807, 2.05) is 25.1 Å². The smallest absolute Gasteiger partial charge is 0.140 e. The van der Waals surface area contributed by atoms with Gasteiger partial charge in [-0.05, 0) is 37.0 Å². The first-order valence-corrected chi connectivity index (χ1v) is 5.35. The van der Waals surface area contributed by atoms with Crippen molar-refractivity contribution in [1.82, 2.24) is 0 Å². The van der Waals surface area contributed by atoms with Crippen molar-refractivity contribution in [3.8, 4) is 0 Å². The molecular weight excluding hydrogens is 196 g/mol. The number of halogens is 1. The second-order valence-corrected chi connectivity index (χ2v) is 4.27. The highest BCUT2D eigenvalue weighted by atomic mass is 35.5. The maximum Gasteiger partial charge on any atom is 0.140 e. The average molecular weight is 209 g/mol. The van der Waals surface area contributed by atoms with Gasteiger partial charge in [0.15, 0.2) is 0 Å². The Balaban J connectivity index is 2.41. The Kier molecular flexibility index (Phi) is 2.60. The molecule has 1 aliphatic rings. The molecule has 0 heterocycles. The van der Waals surface area contributed by atoms with Crippen LogP contribution in [-0.4, -0.2) is 5.78 Å². The average Bonchev–Trinajstić information content (AvgIpc) is 2.57. The van der Waals surface area contributed by atoms with Gasteiger partial charge in [-0.3, -0.25) is 4.79 Å². The SMILES string of the molecule is Cc1c(Cl)cccc1C1CCCC1=O. The molecule has 1 unspecified atom stereocenters.